The molecule has 1 aromatic heterocycles. The first kappa shape index (κ1) is 11.1. The SMILES string of the molecule is O=C1NC(=O)C(Br)=C1Br.c1c[nH]cn1. The summed E-state index contributed by atoms with van der Waals surface area (Å²) in [5.74, 6) is -0.793. The Morgan fingerprint density at radius 2 is 1.71 bits per heavy atom. The number of carbonyl (C=O) groups is 2. The number of nitrogens with zero attached hydrogens (tertiary/aromatic N) is 1. The fourth-order valence-electron chi connectivity index (χ4n) is 0.627. The van der Waals surface area contributed by atoms with E-state index in [1.807, 2.05) is 0 Å². The summed E-state index contributed by atoms with van der Waals surface area (Å²) in [5, 5.41) is 2.07. The van der Waals surface area contributed by atoms with Crippen LogP contribution in [0.2, 0.25) is 0 Å². The van der Waals surface area contributed by atoms with Crippen molar-refractivity contribution in [2.45, 2.75) is 0 Å². The highest BCUT2D eigenvalue weighted by Crippen LogP contribution is 2.22. The molecule has 0 spiro atoms. The number of halogens is 2. The van der Waals surface area contributed by atoms with E-state index in [-0.39, 0.29) is 8.96 Å². The molecule has 0 atom stereocenters. The summed E-state index contributed by atoms with van der Waals surface area (Å²) in [4.78, 5) is 27.5. The minimum atomic E-state index is -0.396. The van der Waals surface area contributed by atoms with Gasteiger partial charge in [-0.15, -0.1) is 0 Å². The number of imidazole rings is 1. The van der Waals surface area contributed by atoms with Gasteiger partial charge in [-0.2, -0.15) is 0 Å². The molecule has 0 unspecified atom stereocenters. The van der Waals surface area contributed by atoms with Crippen molar-refractivity contribution in [2.24, 2.45) is 0 Å². The lowest BCUT2D eigenvalue weighted by molar-refractivity contribution is -0.123. The maximum Gasteiger partial charge on any atom is 0.266 e. The zero-order chi connectivity index (χ0) is 10.6. The second kappa shape index (κ2) is 5.06. The highest BCUT2D eigenvalue weighted by atomic mass is 79.9. The van der Waals surface area contributed by atoms with Gasteiger partial charge in [0.2, 0.25) is 0 Å². The van der Waals surface area contributed by atoms with Crippen LogP contribution < -0.4 is 5.32 Å². The number of aromatic nitrogens is 2. The second-order valence-corrected chi connectivity index (χ2v) is 3.76. The lowest BCUT2D eigenvalue weighted by Gasteiger charge is -1.83. The lowest BCUT2D eigenvalue weighted by Crippen LogP contribution is -2.21. The standard InChI is InChI=1S/C4HBr2NO2.C3H4N2/c5-1-2(6)4(9)7-3(1)8;1-2-5-3-4-1/h(H,7,8,9);1-3H,(H,4,5). The largest absolute Gasteiger partial charge is 0.351 e. The van der Waals surface area contributed by atoms with E-state index < -0.39 is 11.8 Å². The number of amides is 2. The summed E-state index contributed by atoms with van der Waals surface area (Å²) in [6.45, 7) is 0. The average molecular weight is 323 g/mol. The number of imide groups is 1. The van der Waals surface area contributed by atoms with Crippen LogP contribution in [0.4, 0.5) is 0 Å². The molecule has 0 bridgehead atoms. The van der Waals surface area contributed by atoms with Crippen LogP contribution in [0.5, 0.6) is 0 Å². The molecular formula is C7H5Br2N3O2. The monoisotopic (exact) mass is 321 g/mol. The van der Waals surface area contributed by atoms with Crippen molar-refractivity contribution in [2.75, 3.05) is 0 Å². The molecule has 5 nitrogen and oxygen atoms in total. The van der Waals surface area contributed by atoms with Crippen LogP contribution in [0.3, 0.4) is 0 Å². The Morgan fingerprint density at radius 3 is 1.86 bits per heavy atom. The van der Waals surface area contributed by atoms with Crippen LogP contribution >= 0.6 is 31.9 Å². The fraction of sp³-hybridized carbons (Fsp3) is 0. The van der Waals surface area contributed by atoms with Gasteiger partial charge in [-0.1, -0.05) is 0 Å². The van der Waals surface area contributed by atoms with E-state index in [0.717, 1.165) is 0 Å². The molecule has 1 aromatic rings. The molecule has 2 amide bonds. The quantitative estimate of drug-likeness (QED) is 0.701. The van der Waals surface area contributed by atoms with Crippen molar-refractivity contribution in [3.05, 3.63) is 27.7 Å². The molecule has 1 aliphatic heterocycles. The Kier molecular flexibility index (Phi) is 4.02. The van der Waals surface area contributed by atoms with E-state index in [4.69, 9.17) is 0 Å². The Bertz CT molecular complexity index is 333. The molecule has 0 aromatic carbocycles. The summed E-state index contributed by atoms with van der Waals surface area (Å²) >= 11 is 5.82. The second-order valence-electron chi connectivity index (χ2n) is 2.17. The maximum absolute atomic E-state index is 10.5. The number of hydrogen-bond donors (Lipinski definition) is 2. The van der Waals surface area contributed by atoms with Gasteiger partial charge in [0.1, 0.15) is 8.96 Å². The lowest BCUT2D eigenvalue weighted by atomic mass is 10.6. The van der Waals surface area contributed by atoms with Crippen molar-refractivity contribution < 1.29 is 9.59 Å². The first-order chi connectivity index (χ1) is 6.63. The van der Waals surface area contributed by atoms with Crippen LogP contribution in [0.15, 0.2) is 27.7 Å². The minimum Gasteiger partial charge on any atom is -0.351 e. The van der Waals surface area contributed by atoms with Crippen LogP contribution in [0, 0.1) is 0 Å². The van der Waals surface area contributed by atoms with E-state index in [1.165, 1.54) is 0 Å². The predicted octanol–water partition coefficient (Wildman–Crippen LogP) is 1.05. The van der Waals surface area contributed by atoms with Gasteiger partial charge < -0.3 is 4.98 Å². The molecule has 0 aliphatic carbocycles. The van der Waals surface area contributed by atoms with Crippen LogP contribution in [0.25, 0.3) is 0 Å². The fourth-order valence-corrected chi connectivity index (χ4v) is 1.19. The third-order valence-corrected chi connectivity index (χ3v) is 3.27. The normalized spacial score (nSPS) is 15.0. The molecule has 2 heterocycles. The third kappa shape index (κ3) is 2.78. The Hall–Kier alpha value is -0.950. The Morgan fingerprint density at radius 1 is 1.14 bits per heavy atom. The number of H-pyrrole nitrogens is 1. The molecule has 14 heavy (non-hydrogen) atoms. The highest BCUT2D eigenvalue weighted by molar-refractivity contribution is 9.14. The summed E-state index contributed by atoms with van der Waals surface area (Å²) in [7, 11) is 0. The number of aromatic amines is 1. The van der Waals surface area contributed by atoms with E-state index in [9.17, 15) is 9.59 Å². The van der Waals surface area contributed by atoms with E-state index in [0.29, 0.717) is 0 Å². The van der Waals surface area contributed by atoms with Crippen molar-refractivity contribution in [3.8, 4) is 0 Å². The van der Waals surface area contributed by atoms with Crippen molar-refractivity contribution in [1.82, 2.24) is 15.3 Å². The smallest absolute Gasteiger partial charge is 0.266 e. The van der Waals surface area contributed by atoms with Crippen molar-refractivity contribution in [3.63, 3.8) is 0 Å². The van der Waals surface area contributed by atoms with Crippen LogP contribution in [0.1, 0.15) is 0 Å². The van der Waals surface area contributed by atoms with E-state index in [1.54, 1.807) is 18.7 Å². The van der Waals surface area contributed by atoms with Gasteiger partial charge in [0, 0.05) is 12.4 Å². The molecule has 1 aliphatic rings. The molecule has 2 N–H and O–H groups in total. The molecule has 2 rings (SSSR count). The molecule has 0 radical (unpaired) electrons. The molecule has 74 valence electrons. The van der Waals surface area contributed by atoms with Gasteiger partial charge in [0.25, 0.3) is 11.8 Å². The van der Waals surface area contributed by atoms with Gasteiger partial charge in [-0.3, -0.25) is 14.9 Å². The molecular weight excluding hydrogens is 318 g/mol. The van der Waals surface area contributed by atoms with Gasteiger partial charge in [0.05, 0.1) is 6.33 Å². The Balaban J connectivity index is 0.000000165. The third-order valence-electron chi connectivity index (χ3n) is 1.22. The number of carbonyl (C=O) groups excluding carboxylic acids is 2. The number of nitrogens with one attached hydrogen (secondary N) is 2. The predicted molar refractivity (Wildman–Crippen MR) is 56.6 cm³/mol. The zero-order valence-electron chi connectivity index (χ0n) is 6.75. The minimum absolute atomic E-state index is 0.257. The summed E-state index contributed by atoms with van der Waals surface area (Å²) in [5.41, 5.74) is 0. The molecule has 0 fully saturated rings. The average Bonchev–Trinajstić information content (AvgIpc) is 2.78. The van der Waals surface area contributed by atoms with Gasteiger partial charge in [-0.05, 0) is 31.9 Å². The Labute approximate surface area is 96.2 Å². The van der Waals surface area contributed by atoms with Crippen LogP contribution in [-0.4, -0.2) is 21.8 Å². The van der Waals surface area contributed by atoms with Gasteiger partial charge in [0.15, 0.2) is 0 Å². The first-order valence-electron chi connectivity index (χ1n) is 3.46. The highest BCUT2D eigenvalue weighted by Gasteiger charge is 2.25. The molecule has 0 saturated carbocycles. The first-order valence-corrected chi connectivity index (χ1v) is 5.05. The van der Waals surface area contributed by atoms with Crippen molar-refractivity contribution in [1.29, 1.82) is 0 Å². The van der Waals surface area contributed by atoms with E-state index >= 15 is 0 Å². The number of rotatable bonds is 0. The molecule has 0 saturated heterocycles. The van der Waals surface area contributed by atoms with Gasteiger partial charge in [-0.25, -0.2) is 4.98 Å². The molecule has 7 heteroatoms. The van der Waals surface area contributed by atoms with Crippen molar-refractivity contribution >= 4 is 43.7 Å². The van der Waals surface area contributed by atoms with Gasteiger partial charge >= 0.3 is 0 Å². The summed E-state index contributed by atoms with van der Waals surface area (Å²) in [6, 6.07) is 0. The summed E-state index contributed by atoms with van der Waals surface area (Å²) < 4.78 is 0.514. The van der Waals surface area contributed by atoms with Crippen LogP contribution in [-0.2, 0) is 9.59 Å². The van der Waals surface area contributed by atoms with E-state index in [2.05, 4.69) is 47.1 Å². The zero-order valence-corrected chi connectivity index (χ0v) is 9.92. The topological polar surface area (TPSA) is 74.8 Å². The number of hydrogen-bond acceptors (Lipinski definition) is 3. The maximum atomic E-state index is 10.5. The summed E-state index contributed by atoms with van der Waals surface area (Å²) in [6.07, 6.45) is 5.08.